The Morgan fingerprint density at radius 2 is 2.04 bits per heavy atom. The first-order chi connectivity index (χ1) is 12.7. The number of nitrogens with zero attached hydrogens (tertiary/aromatic N) is 2. The highest BCUT2D eigenvalue weighted by molar-refractivity contribution is 7.19. The van der Waals surface area contributed by atoms with Crippen LogP contribution in [0.5, 0.6) is 0 Å². The van der Waals surface area contributed by atoms with Crippen LogP contribution in [0.25, 0.3) is 21.3 Å². The zero-order valence-electron chi connectivity index (χ0n) is 14.6. The van der Waals surface area contributed by atoms with Crippen LogP contribution in [-0.2, 0) is 6.42 Å². The predicted octanol–water partition coefficient (Wildman–Crippen LogP) is 3.98. The van der Waals surface area contributed by atoms with Gasteiger partial charge in [0, 0.05) is 18.0 Å². The minimum atomic E-state index is 0.0485. The first-order valence-corrected chi connectivity index (χ1v) is 9.45. The van der Waals surface area contributed by atoms with E-state index in [1.807, 2.05) is 31.3 Å². The van der Waals surface area contributed by atoms with E-state index in [1.165, 1.54) is 10.4 Å². The van der Waals surface area contributed by atoms with Gasteiger partial charge in [-0.05, 0) is 36.6 Å². The van der Waals surface area contributed by atoms with Gasteiger partial charge in [-0.1, -0.05) is 47.7 Å². The van der Waals surface area contributed by atoms with Gasteiger partial charge in [-0.25, -0.2) is 4.98 Å². The van der Waals surface area contributed by atoms with Crippen LogP contribution in [0, 0.1) is 6.92 Å². The molecule has 1 atom stereocenters. The number of anilines is 1. The van der Waals surface area contributed by atoms with Crippen molar-refractivity contribution in [2.45, 2.75) is 19.4 Å². The van der Waals surface area contributed by atoms with Crippen molar-refractivity contribution in [1.29, 1.82) is 0 Å². The van der Waals surface area contributed by atoms with Crippen LogP contribution in [0.1, 0.15) is 11.3 Å². The summed E-state index contributed by atoms with van der Waals surface area (Å²) in [5, 5.41) is 12.5. The lowest BCUT2D eigenvalue weighted by Gasteiger charge is -2.12. The maximum absolute atomic E-state index is 6.26. The standard InChI is InChI=1S/C20H21N5S/c1-13-19(15-7-8-18-16(10-15)11-23-25-18)26-20(24-13)22-12-17(21)9-14-5-3-2-4-6-14/h2-8,10-11,17H,9,12,21H2,1H3,(H,22,24)(H,23,25)/t17-/m1/s1. The van der Waals surface area contributed by atoms with E-state index in [2.05, 4.69) is 50.8 Å². The van der Waals surface area contributed by atoms with Crippen molar-refractivity contribution in [2.24, 2.45) is 5.73 Å². The summed E-state index contributed by atoms with van der Waals surface area (Å²) in [6.07, 6.45) is 2.69. The monoisotopic (exact) mass is 363 g/mol. The Morgan fingerprint density at radius 1 is 1.19 bits per heavy atom. The van der Waals surface area contributed by atoms with Crippen molar-refractivity contribution in [3.63, 3.8) is 0 Å². The van der Waals surface area contributed by atoms with Crippen molar-refractivity contribution < 1.29 is 0 Å². The fourth-order valence-corrected chi connectivity index (χ4v) is 4.00. The Labute approximate surface area is 156 Å². The fourth-order valence-electron chi connectivity index (χ4n) is 3.03. The van der Waals surface area contributed by atoms with E-state index in [-0.39, 0.29) is 6.04 Å². The van der Waals surface area contributed by atoms with Gasteiger partial charge in [-0.3, -0.25) is 5.10 Å². The molecule has 2 aromatic heterocycles. The molecular formula is C20H21N5S. The summed E-state index contributed by atoms with van der Waals surface area (Å²) in [6, 6.07) is 16.7. The van der Waals surface area contributed by atoms with Crippen LogP contribution in [0.2, 0.25) is 0 Å². The van der Waals surface area contributed by atoms with Gasteiger partial charge >= 0.3 is 0 Å². The molecule has 132 valence electrons. The number of nitrogens with one attached hydrogen (secondary N) is 2. The maximum Gasteiger partial charge on any atom is 0.183 e. The minimum absolute atomic E-state index is 0.0485. The first-order valence-electron chi connectivity index (χ1n) is 8.63. The quantitative estimate of drug-likeness (QED) is 0.484. The molecule has 0 radical (unpaired) electrons. The van der Waals surface area contributed by atoms with E-state index in [9.17, 15) is 0 Å². The molecule has 6 heteroatoms. The zero-order valence-corrected chi connectivity index (χ0v) is 15.4. The van der Waals surface area contributed by atoms with Crippen molar-refractivity contribution in [1.82, 2.24) is 15.2 Å². The molecule has 5 nitrogen and oxygen atoms in total. The Balaban J connectivity index is 1.44. The molecule has 0 aliphatic heterocycles. The summed E-state index contributed by atoms with van der Waals surface area (Å²) in [4.78, 5) is 5.84. The van der Waals surface area contributed by atoms with Gasteiger partial charge in [0.05, 0.1) is 22.3 Å². The molecular weight excluding hydrogens is 342 g/mol. The van der Waals surface area contributed by atoms with Crippen LogP contribution in [0.3, 0.4) is 0 Å². The van der Waals surface area contributed by atoms with Crippen LogP contribution in [0.15, 0.2) is 54.7 Å². The van der Waals surface area contributed by atoms with Gasteiger partial charge in [0.2, 0.25) is 0 Å². The Bertz CT molecular complexity index is 1010. The number of fused-ring (bicyclic) bond motifs is 1. The van der Waals surface area contributed by atoms with Crippen molar-refractivity contribution in [3.05, 3.63) is 66.0 Å². The molecule has 0 aliphatic rings. The molecule has 0 fully saturated rings. The number of aromatic nitrogens is 3. The molecule has 0 saturated heterocycles. The third kappa shape index (κ3) is 3.61. The van der Waals surface area contributed by atoms with E-state index in [0.717, 1.165) is 33.7 Å². The summed E-state index contributed by atoms with van der Waals surface area (Å²) < 4.78 is 0. The number of rotatable bonds is 6. The molecule has 0 saturated carbocycles. The predicted molar refractivity (Wildman–Crippen MR) is 109 cm³/mol. The molecule has 4 rings (SSSR count). The number of benzene rings is 2. The highest BCUT2D eigenvalue weighted by Crippen LogP contribution is 2.34. The smallest absolute Gasteiger partial charge is 0.183 e. The maximum atomic E-state index is 6.26. The summed E-state index contributed by atoms with van der Waals surface area (Å²) in [5.74, 6) is 0. The second-order valence-electron chi connectivity index (χ2n) is 6.44. The van der Waals surface area contributed by atoms with Gasteiger partial charge in [0.1, 0.15) is 0 Å². The van der Waals surface area contributed by atoms with Gasteiger partial charge in [0.15, 0.2) is 5.13 Å². The largest absolute Gasteiger partial charge is 0.360 e. The number of aryl methyl sites for hydroxylation is 1. The Hall–Kier alpha value is -2.70. The lowest BCUT2D eigenvalue weighted by molar-refractivity contribution is 0.699. The van der Waals surface area contributed by atoms with E-state index >= 15 is 0 Å². The average molecular weight is 363 g/mol. The normalized spacial score (nSPS) is 12.4. The number of hydrogen-bond acceptors (Lipinski definition) is 5. The lowest BCUT2D eigenvalue weighted by Crippen LogP contribution is -2.31. The van der Waals surface area contributed by atoms with Crippen LogP contribution >= 0.6 is 11.3 Å². The van der Waals surface area contributed by atoms with Gasteiger partial charge < -0.3 is 11.1 Å². The molecule has 4 N–H and O–H groups in total. The number of nitrogens with two attached hydrogens (primary N) is 1. The molecule has 2 aromatic carbocycles. The summed E-state index contributed by atoms with van der Waals surface area (Å²) in [6.45, 7) is 2.74. The second kappa shape index (κ2) is 7.27. The Morgan fingerprint density at radius 3 is 2.88 bits per heavy atom. The van der Waals surface area contributed by atoms with Crippen LogP contribution < -0.4 is 11.1 Å². The van der Waals surface area contributed by atoms with E-state index in [4.69, 9.17) is 5.73 Å². The molecule has 0 bridgehead atoms. The van der Waals surface area contributed by atoms with Crippen LogP contribution in [0.4, 0.5) is 5.13 Å². The van der Waals surface area contributed by atoms with E-state index in [1.54, 1.807) is 11.3 Å². The molecule has 0 unspecified atom stereocenters. The van der Waals surface area contributed by atoms with Gasteiger partial charge in [-0.15, -0.1) is 0 Å². The fraction of sp³-hybridized carbons (Fsp3) is 0.200. The molecule has 0 spiro atoms. The number of thiazole rings is 1. The molecule has 4 aromatic rings. The van der Waals surface area contributed by atoms with Crippen molar-refractivity contribution >= 4 is 27.4 Å². The van der Waals surface area contributed by atoms with Crippen molar-refractivity contribution in [3.8, 4) is 10.4 Å². The summed E-state index contributed by atoms with van der Waals surface area (Å²) in [5.41, 5.74) is 10.7. The highest BCUT2D eigenvalue weighted by atomic mass is 32.1. The van der Waals surface area contributed by atoms with Crippen molar-refractivity contribution in [2.75, 3.05) is 11.9 Å². The third-order valence-corrected chi connectivity index (χ3v) is 5.52. The second-order valence-corrected chi connectivity index (χ2v) is 7.44. The highest BCUT2D eigenvalue weighted by Gasteiger charge is 2.12. The molecule has 26 heavy (non-hydrogen) atoms. The van der Waals surface area contributed by atoms with Gasteiger partial charge in [0.25, 0.3) is 0 Å². The molecule has 0 amide bonds. The number of H-pyrrole nitrogens is 1. The first kappa shape index (κ1) is 16.8. The van der Waals surface area contributed by atoms with Gasteiger partial charge in [-0.2, -0.15) is 5.10 Å². The topological polar surface area (TPSA) is 79.6 Å². The van der Waals surface area contributed by atoms with Crippen LogP contribution in [-0.4, -0.2) is 27.8 Å². The minimum Gasteiger partial charge on any atom is -0.360 e. The zero-order chi connectivity index (χ0) is 17.9. The molecule has 0 aliphatic carbocycles. The Kier molecular flexibility index (Phi) is 4.69. The SMILES string of the molecule is Cc1nc(NC[C@H](N)Cc2ccccc2)sc1-c1ccc2[nH]ncc2c1. The van der Waals surface area contributed by atoms with E-state index < -0.39 is 0 Å². The lowest BCUT2D eigenvalue weighted by atomic mass is 10.1. The summed E-state index contributed by atoms with van der Waals surface area (Å²) >= 11 is 1.66. The average Bonchev–Trinajstić information content (AvgIpc) is 3.26. The summed E-state index contributed by atoms with van der Waals surface area (Å²) in [7, 11) is 0. The number of hydrogen-bond donors (Lipinski definition) is 3. The number of aromatic amines is 1. The third-order valence-electron chi connectivity index (χ3n) is 4.36. The van der Waals surface area contributed by atoms with E-state index in [0.29, 0.717) is 6.54 Å². The molecule has 2 heterocycles.